The van der Waals surface area contributed by atoms with Crippen LogP contribution in [-0.2, 0) is 4.79 Å². The van der Waals surface area contributed by atoms with Crippen molar-refractivity contribution in [3.05, 3.63) is 71.3 Å². The number of benzene rings is 2. The summed E-state index contributed by atoms with van der Waals surface area (Å²) in [4.78, 5) is 10.9. The third-order valence-corrected chi connectivity index (χ3v) is 2.98. The van der Waals surface area contributed by atoms with Gasteiger partial charge in [0.15, 0.2) is 0 Å². The number of hydrogen-bond acceptors (Lipinski definition) is 2. The molecule has 2 heteroatoms. The third kappa shape index (κ3) is 3.10. The van der Waals surface area contributed by atoms with Gasteiger partial charge in [0.2, 0.25) is 0 Å². The first-order valence-electron chi connectivity index (χ1n) is 6.11. The van der Waals surface area contributed by atoms with E-state index in [0.717, 1.165) is 28.7 Å². The van der Waals surface area contributed by atoms with Gasteiger partial charge in [-0.2, -0.15) is 0 Å². The molecule has 2 nitrogen and oxygen atoms in total. The summed E-state index contributed by atoms with van der Waals surface area (Å²) in [6.45, 7) is 2.04. The fraction of sp³-hybridized carbons (Fsp3) is 0.118. The summed E-state index contributed by atoms with van der Waals surface area (Å²) in [5.74, 6) is 0.779. The zero-order valence-corrected chi connectivity index (χ0v) is 11.1. The minimum atomic E-state index is 0.779. The lowest BCUT2D eigenvalue weighted by molar-refractivity contribution is -0.104. The second-order valence-electron chi connectivity index (χ2n) is 4.31. The number of hydrogen-bond donors (Lipinski definition) is 0. The van der Waals surface area contributed by atoms with Gasteiger partial charge in [0.1, 0.15) is 12.0 Å². The van der Waals surface area contributed by atoms with Crippen LogP contribution in [0.25, 0.3) is 5.57 Å². The van der Waals surface area contributed by atoms with Crippen molar-refractivity contribution in [1.29, 1.82) is 0 Å². The summed E-state index contributed by atoms with van der Waals surface area (Å²) in [6, 6.07) is 15.8. The van der Waals surface area contributed by atoms with Crippen molar-refractivity contribution in [2.75, 3.05) is 7.11 Å². The minimum absolute atomic E-state index is 0.779. The molecule has 0 N–H and O–H groups in total. The lowest BCUT2D eigenvalue weighted by Gasteiger charge is -2.09. The minimum Gasteiger partial charge on any atom is -0.497 e. The molecule has 0 aromatic heterocycles. The maximum absolute atomic E-state index is 10.9. The lowest BCUT2D eigenvalue weighted by Crippen LogP contribution is -1.91. The van der Waals surface area contributed by atoms with Crippen LogP contribution in [0.5, 0.6) is 5.75 Å². The fourth-order valence-corrected chi connectivity index (χ4v) is 1.95. The average Bonchev–Trinajstić information content (AvgIpc) is 2.46. The van der Waals surface area contributed by atoms with Crippen LogP contribution in [0.4, 0.5) is 0 Å². The van der Waals surface area contributed by atoms with Crippen molar-refractivity contribution < 1.29 is 9.53 Å². The van der Waals surface area contributed by atoms with E-state index in [0.29, 0.717) is 0 Å². The van der Waals surface area contributed by atoms with Gasteiger partial charge in [-0.3, -0.25) is 4.79 Å². The van der Waals surface area contributed by atoms with Gasteiger partial charge < -0.3 is 4.74 Å². The van der Waals surface area contributed by atoms with E-state index in [1.165, 1.54) is 5.56 Å². The SMILES string of the molecule is COc1cccc(/C(=C/C=O)c2ccc(C)cc2)c1. The molecule has 0 atom stereocenters. The summed E-state index contributed by atoms with van der Waals surface area (Å²) in [6.07, 6.45) is 2.40. The monoisotopic (exact) mass is 252 g/mol. The fourth-order valence-electron chi connectivity index (χ4n) is 1.95. The molecule has 0 aliphatic heterocycles. The molecule has 96 valence electrons. The highest BCUT2D eigenvalue weighted by Gasteiger charge is 2.05. The zero-order chi connectivity index (χ0) is 13.7. The summed E-state index contributed by atoms with van der Waals surface area (Å²) >= 11 is 0. The Bertz CT molecular complexity index is 595. The highest BCUT2D eigenvalue weighted by atomic mass is 16.5. The molecule has 2 aromatic carbocycles. The van der Waals surface area contributed by atoms with Gasteiger partial charge in [-0.25, -0.2) is 0 Å². The van der Waals surface area contributed by atoms with Crippen LogP contribution in [0.1, 0.15) is 16.7 Å². The van der Waals surface area contributed by atoms with Gasteiger partial charge in [-0.15, -0.1) is 0 Å². The number of ether oxygens (including phenoxy) is 1. The molecular formula is C17H16O2. The van der Waals surface area contributed by atoms with E-state index in [4.69, 9.17) is 4.74 Å². The molecule has 19 heavy (non-hydrogen) atoms. The van der Waals surface area contributed by atoms with Crippen LogP contribution >= 0.6 is 0 Å². The highest BCUT2D eigenvalue weighted by Crippen LogP contribution is 2.26. The Labute approximate surface area is 113 Å². The number of methoxy groups -OCH3 is 1. The number of aryl methyl sites for hydroxylation is 1. The van der Waals surface area contributed by atoms with E-state index in [-0.39, 0.29) is 0 Å². The van der Waals surface area contributed by atoms with E-state index >= 15 is 0 Å². The van der Waals surface area contributed by atoms with Crippen LogP contribution < -0.4 is 4.74 Å². The summed E-state index contributed by atoms with van der Waals surface area (Å²) in [5.41, 5.74) is 4.08. The molecule has 0 amide bonds. The van der Waals surface area contributed by atoms with Gasteiger partial charge >= 0.3 is 0 Å². The number of aldehydes is 1. The molecule has 0 fully saturated rings. The Hall–Kier alpha value is -2.35. The second kappa shape index (κ2) is 6.01. The van der Waals surface area contributed by atoms with E-state index in [1.54, 1.807) is 13.2 Å². The molecular weight excluding hydrogens is 236 g/mol. The smallest absolute Gasteiger partial charge is 0.143 e. The maximum atomic E-state index is 10.9. The van der Waals surface area contributed by atoms with Crippen molar-refractivity contribution in [3.63, 3.8) is 0 Å². The summed E-state index contributed by atoms with van der Waals surface area (Å²) < 4.78 is 5.22. The van der Waals surface area contributed by atoms with Crippen LogP contribution in [0.3, 0.4) is 0 Å². The molecule has 0 aliphatic rings. The number of carbonyl (C=O) groups is 1. The van der Waals surface area contributed by atoms with Crippen molar-refractivity contribution >= 4 is 11.9 Å². The Morgan fingerprint density at radius 3 is 2.42 bits per heavy atom. The zero-order valence-electron chi connectivity index (χ0n) is 11.1. The Morgan fingerprint density at radius 1 is 1.05 bits per heavy atom. The molecule has 0 bridgehead atoms. The molecule has 0 saturated carbocycles. The molecule has 0 heterocycles. The molecule has 0 saturated heterocycles. The number of rotatable bonds is 4. The van der Waals surface area contributed by atoms with E-state index in [2.05, 4.69) is 0 Å². The molecule has 2 rings (SSSR count). The Kier molecular flexibility index (Phi) is 4.14. The molecule has 0 radical (unpaired) electrons. The molecule has 2 aromatic rings. The lowest BCUT2D eigenvalue weighted by atomic mass is 9.97. The number of allylic oxidation sites excluding steroid dienone is 1. The van der Waals surface area contributed by atoms with Gasteiger partial charge in [-0.1, -0.05) is 42.0 Å². The van der Waals surface area contributed by atoms with Gasteiger partial charge in [-0.05, 0) is 41.8 Å². The van der Waals surface area contributed by atoms with Crippen molar-refractivity contribution in [2.24, 2.45) is 0 Å². The summed E-state index contributed by atoms with van der Waals surface area (Å²) in [7, 11) is 1.63. The predicted molar refractivity (Wildman–Crippen MR) is 77.3 cm³/mol. The Balaban J connectivity index is 2.48. The summed E-state index contributed by atoms with van der Waals surface area (Å²) in [5, 5.41) is 0. The third-order valence-electron chi connectivity index (χ3n) is 2.98. The number of carbonyl (C=O) groups excluding carboxylic acids is 1. The normalized spacial score (nSPS) is 11.2. The van der Waals surface area contributed by atoms with Gasteiger partial charge in [0.05, 0.1) is 7.11 Å². The largest absolute Gasteiger partial charge is 0.497 e. The van der Waals surface area contributed by atoms with Crippen LogP contribution in [0.15, 0.2) is 54.6 Å². The quantitative estimate of drug-likeness (QED) is 0.613. The maximum Gasteiger partial charge on any atom is 0.143 e. The van der Waals surface area contributed by atoms with Crippen LogP contribution in [0, 0.1) is 6.92 Å². The average molecular weight is 252 g/mol. The molecule has 0 aliphatic carbocycles. The van der Waals surface area contributed by atoms with Crippen molar-refractivity contribution in [2.45, 2.75) is 6.92 Å². The van der Waals surface area contributed by atoms with E-state index in [9.17, 15) is 4.79 Å². The van der Waals surface area contributed by atoms with Gasteiger partial charge in [0.25, 0.3) is 0 Å². The molecule has 0 spiro atoms. The highest BCUT2D eigenvalue weighted by molar-refractivity contribution is 5.89. The van der Waals surface area contributed by atoms with Crippen LogP contribution in [0.2, 0.25) is 0 Å². The van der Waals surface area contributed by atoms with E-state index in [1.807, 2.05) is 55.5 Å². The van der Waals surface area contributed by atoms with E-state index < -0.39 is 0 Å². The second-order valence-corrected chi connectivity index (χ2v) is 4.31. The first-order valence-corrected chi connectivity index (χ1v) is 6.11. The Morgan fingerprint density at radius 2 is 1.79 bits per heavy atom. The predicted octanol–water partition coefficient (Wildman–Crippen LogP) is 3.63. The standard InChI is InChI=1S/C17H16O2/c1-13-6-8-14(9-7-13)17(10-11-18)15-4-3-5-16(12-15)19-2/h3-12H,1-2H3/b17-10+. The van der Waals surface area contributed by atoms with Crippen molar-refractivity contribution in [1.82, 2.24) is 0 Å². The first kappa shape index (κ1) is 13.1. The topological polar surface area (TPSA) is 26.3 Å². The van der Waals surface area contributed by atoms with Crippen LogP contribution in [-0.4, -0.2) is 13.4 Å². The van der Waals surface area contributed by atoms with Gasteiger partial charge in [0, 0.05) is 0 Å². The first-order chi connectivity index (χ1) is 9.24. The van der Waals surface area contributed by atoms with Crippen molar-refractivity contribution in [3.8, 4) is 5.75 Å². The molecule has 0 unspecified atom stereocenters.